The van der Waals surface area contributed by atoms with Crippen LogP contribution in [-0.2, 0) is 19.1 Å². The number of carbonyl (C=O) groups excluding carboxylic acids is 2. The second-order valence-electron chi connectivity index (χ2n) is 9.41. The largest absolute Gasteiger partial charge is 0.466 e. The molecule has 0 radical (unpaired) electrons. The predicted octanol–water partition coefficient (Wildman–Crippen LogP) is 6.15. The number of esters is 2. The fourth-order valence-electron chi connectivity index (χ4n) is 4.20. The molecular formula is C28H48O6. The van der Waals surface area contributed by atoms with Gasteiger partial charge in [0, 0.05) is 25.2 Å². The zero-order valence-electron chi connectivity index (χ0n) is 21.7. The molecule has 1 rings (SSSR count). The van der Waals surface area contributed by atoms with Gasteiger partial charge in [0.25, 0.3) is 0 Å². The monoisotopic (exact) mass is 480 g/mol. The van der Waals surface area contributed by atoms with Gasteiger partial charge < -0.3 is 19.7 Å². The van der Waals surface area contributed by atoms with Crippen molar-refractivity contribution in [2.75, 3.05) is 6.61 Å². The van der Waals surface area contributed by atoms with Gasteiger partial charge >= 0.3 is 11.9 Å². The average molecular weight is 481 g/mol. The Kier molecular flexibility index (Phi) is 16.7. The lowest BCUT2D eigenvalue weighted by Gasteiger charge is -2.16. The Morgan fingerprint density at radius 1 is 0.941 bits per heavy atom. The Bertz CT molecular complexity index is 639. The molecule has 6 heteroatoms. The fraction of sp³-hybridized carbons (Fsp3) is 0.786. The molecule has 0 aliphatic heterocycles. The van der Waals surface area contributed by atoms with Crippen LogP contribution >= 0.6 is 0 Å². The summed E-state index contributed by atoms with van der Waals surface area (Å²) in [5.74, 6) is -0.0183. The van der Waals surface area contributed by atoms with Gasteiger partial charge in [0.05, 0.1) is 18.8 Å². The van der Waals surface area contributed by atoms with E-state index >= 15 is 0 Å². The zero-order valence-corrected chi connectivity index (χ0v) is 21.7. The van der Waals surface area contributed by atoms with Gasteiger partial charge in [0.2, 0.25) is 0 Å². The highest BCUT2D eigenvalue weighted by molar-refractivity contribution is 5.70. The molecule has 1 aliphatic carbocycles. The summed E-state index contributed by atoms with van der Waals surface area (Å²) in [4.78, 5) is 23.8. The molecule has 0 heterocycles. The van der Waals surface area contributed by atoms with Crippen LogP contribution in [0.1, 0.15) is 117 Å². The number of unbranched alkanes of at least 4 members (excludes halogenated alkanes) is 6. The summed E-state index contributed by atoms with van der Waals surface area (Å²) < 4.78 is 10.8. The fourth-order valence-corrected chi connectivity index (χ4v) is 4.20. The number of rotatable bonds is 19. The molecule has 1 aliphatic rings. The van der Waals surface area contributed by atoms with Crippen molar-refractivity contribution in [2.45, 2.75) is 129 Å². The number of aliphatic hydroxyl groups is 2. The van der Waals surface area contributed by atoms with Gasteiger partial charge in [-0.2, -0.15) is 0 Å². The summed E-state index contributed by atoms with van der Waals surface area (Å²) in [5, 5.41) is 20.9. The van der Waals surface area contributed by atoms with Crippen LogP contribution in [0.15, 0.2) is 23.5 Å². The quantitative estimate of drug-likeness (QED) is 0.131. The molecule has 3 atom stereocenters. The average Bonchev–Trinajstić information content (AvgIpc) is 3.08. The molecular weight excluding hydrogens is 432 g/mol. The molecule has 0 aromatic rings. The summed E-state index contributed by atoms with van der Waals surface area (Å²) in [7, 11) is 0. The molecule has 0 aromatic heterocycles. The Hall–Kier alpha value is -1.66. The number of carbonyl (C=O) groups is 2. The van der Waals surface area contributed by atoms with E-state index in [1.807, 2.05) is 13.0 Å². The SMILES string of the molecule is CCCCCC(O)/C=C/[C@@H]1C(CCCCCCC(=O)OCCCC)=C(OC(=O)CCC)CC1O. The summed E-state index contributed by atoms with van der Waals surface area (Å²) >= 11 is 0. The lowest BCUT2D eigenvalue weighted by Crippen LogP contribution is -2.15. The third-order valence-electron chi connectivity index (χ3n) is 6.24. The minimum Gasteiger partial charge on any atom is -0.466 e. The first-order chi connectivity index (χ1) is 16.4. The van der Waals surface area contributed by atoms with Gasteiger partial charge in [0.15, 0.2) is 0 Å². The number of ether oxygens (including phenoxy) is 2. The zero-order chi connectivity index (χ0) is 25.2. The van der Waals surface area contributed by atoms with E-state index in [1.54, 1.807) is 6.08 Å². The minimum atomic E-state index is -0.642. The van der Waals surface area contributed by atoms with Crippen molar-refractivity contribution in [3.63, 3.8) is 0 Å². The molecule has 0 bridgehead atoms. The molecule has 34 heavy (non-hydrogen) atoms. The maximum atomic E-state index is 12.1. The summed E-state index contributed by atoms with van der Waals surface area (Å²) in [6, 6.07) is 0. The molecule has 0 spiro atoms. The van der Waals surface area contributed by atoms with E-state index in [0.29, 0.717) is 38.0 Å². The lowest BCUT2D eigenvalue weighted by molar-refractivity contribution is -0.144. The Labute approximate surface area is 206 Å². The molecule has 0 amide bonds. The van der Waals surface area contributed by atoms with Crippen molar-refractivity contribution in [3.8, 4) is 0 Å². The number of hydrogen-bond donors (Lipinski definition) is 2. The van der Waals surface area contributed by atoms with Crippen molar-refractivity contribution in [2.24, 2.45) is 5.92 Å². The van der Waals surface area contributed by atoms with E-state index in [2.05, 4.69) is 13.8 Å². The Morgan fingerprint density at radius 3 is 2.38 bits per heavy atom. The first-order valence-electron chi connectivity index (χ1n) is 13.5. The van der Waals surface area contributed by atoms with Crippen molar-refractivity contribution < 1.29 is 29.3 Å². The summed E-state index contributed by atoms with van der Waals surface area (Å²) in [6.07, 6.45) is 14.5. The maximum Gasteiger partial charge on any atom is 0.310 e. The second-order valence-corrected chi connectivity index (χ2v) is 9.41. The van der Waals surface area contributed by atoms with Crippen LogP contribution < -0.4 is 0 Å². The normalized spacial score (nSPS) is 19.1. The Balaban J connectivity index is 2.62. The van der Waals surface area contributed by atoms with Crippen LogP contribution in [0.25, 0.3) is 0 Å². The Morgan fingerprint density at radius 2 is 1.68 bits per heavy atom. The predicted molar refractivity (Wildman–Crippen MR) is 135 cm³/mol. The van der Waals surface area contributed by atoms with Gasteiger partial charge in [-0.25, -0.2) is 0 Å². The molecule has 2 unspecified atom stereocenters. The third kappa shape index (κ3) is 12.7. The molecule has 0 saturated carbocycles. The molecule has 0 fully saturated rings. The van der Waals surface area contributed by atoms with Crippen LogP contribution in [0.3, 0.4) is 0 Å². The van der Waals surface area contributed by atoms with E-state index in [1.165, 1.54) is 0 Å². The number of hydrogen-bond acceptors (Lipinski definition) is 6. The first kappa shape index (κ1) is 30.4. The van der Waals surface area contributed by atoms with Crippen molar-refractivity contribution in [1.29, 1.82) is 0 Å². The highest BCUT2D eigenvalue weighted by Gasteiger charge is 2.33. The van der Waals surface area contributed by atoms with E-state index in [9.17, 15) is 19.8 Å². The molecule has 0 aromatic carbocycles. The van der Waals surface area contributed by atoms with Gasteiger partial charge in [-0.05, 0) is 44.1 Å². The van der Waals surface area contributed by atoms with E-state index < -0.39 is 12.2 Å². The third-order valence-corrected chi connectivity index (χ3v) is 6.24. The van der Waals surface area contributed by atoms with Crippen LogP contribution in [0.5, 0.6) is 0 Å². The highest BCUT2D eigenvalue weighted by atomic mass is 16.5. The van der Waals surface area contributed by atoms with Gasteiger partial charge in [-0.15, -0.1) is 0 Å². The van der Waals surface area contributed by atoms with E-state index in [0.717, 1.165) is 76.2 Å². The first-order valence-corrected chi connectivity index (χ1v) is 13.5. The minimum absolute atomic E-state index is 0.122. The van der Waals surface area contributed by atoms with Crippen molar-refractivity contribution in [3.05, 3.63) is 23.5 Å². The van der Waals surface area contributed by atoms with E-state index in [-0.39, 0.29) is 17.9 Å². The topological polar surface area (TPSA) is 93.1 Å². The second kappa shape index (κ2) is 18.6. The maximum absolute atomic E-state index is 12.1. The summed E-state index contributed by atoms with van der Waals surface area (Å²) in [5.41, 5.74) is 0.966. The van der Waals surface area contributed by atoms with Crippen LogP contribution in [0.2, 0.25) is 0 Å². The molecule has 196 valence electrons. The van der Waals surface area contributed by atoms with Gasteiger partial charge in [-0.1, -0.05) is 71.4 Å². The van der Waals surface area contributed by atoms with Gasteiger partial charge in [0.1, 0.15) is 5.76 Å². The van der Waals surface area contributed by atoms with Crippen LogP contribution in [-0.4, -0.2) is 41.0 Å². The highest BCUT2D eigenvalue weighted by Crippen LogP contribution is 2.37. The van der Waals surface area contributed by atoms with Crippen molar-refractivity contribution >= 4 is 11.9 Å². The molecule has 6 nitrogen and oxygen atoms in total. The molecule has 2 N–H and O–H groups in total. The standard InChI is InChI=1S/C28H48O6/c1-4-7-11-15-22(29)18-19-23-24(26(21-25(23)30)34-28(32)14-6-3)16-12-9-10-13-17-27(31)33-20-8-5-2/h18-19,22-23,25,29-30H,4-17,20-21H2,1-3H3/b19-18+/t22?,23-,25?/m1/s1. The van der Waals surface area contributed by atoms with Crippen LogP contribution in [0, 0.1) is 5.92 Å². The molecule has 0 saturated heterocycles. The van der Waals surface area contributed by atoms with E-state index in [4.69, 9.17) is 9.47 Å². The van der Waals surface area contributed by atoms with Crippen molar-refractivity contribution in [1.82, 2.24) is 0 Å². The summed E-state index contributed by atoms with van der Waals surface area (Å²) in [6.45, 7) is 6.65. The number of aliphatic hydroxyl groups excluding tert-OH is 2. The van der Waals surface area contributed by atoms with Gasteiger partial charge in [-0.3, -0.25) is 9.59 Å². The van der Waals surface area contributed by atoms with Crippen LogP contribution in [0.4, 0.5) is 0 Å². The smallest absolute Gasteiger partial charge is 0.310 e. The lowest BCUT2D eigenvalue weighted by atomic mass is 9.93.